The van der Waals surface area contributed by atoms with Gasteiger partial charge < -0.3 is 15.2 Å². The van der Waals surface area contributed by atoms with Gasteiger partial charge in [0.2, 0.25) is 0 Å². The molecule has 0 amide bonds. The fraction of sp³-hybridized carbons (Fsp3) is 0.286. The molecule has 2 atom stereocenters. The van der Waals surface area contributed by atoms with Crippen LogP contribution >= 0.6 is 0 Å². The minimum atomic E-state index is -4.45. The Bertz CT molecular complexity index is 889. The Morgan fingerprint density at radius 3 is 2.21 bits per heavy atom. The monoisotopic (exact) mass is 391 g/mol. The normalized spacial score (nSPS) is 21.8. The summed E-state index contributed by atoms with van der Waals surface area (Å²) in [4.78, 5) is 12.1. The maximum Gasteiger partial charge on any atom is 0.416 e. The molecule has 28 heavy (non-hydrogen) atoms. The summed E-state index contributed by atoms with van der Waals surface area (Å²) in [6.45, 7) is 1.74. The van der Waals surface area contributed by atoms with Gasteiger partial charge in [-0.25, -0.2) is 4.79 Å². The second-order valence-corrected chi connectivity index (χ2v) is 6.66. The van der Waals surface area contributed by atoms with Crippen LogP contribution in [0.3, 0.4) is 0 Å². The van der Waals surface area contributed by atoms with Crippen molar-refractivity contribution in [3.05, 3.63) is 71.4 Å². The van der Waals surface area contributed by atoms with E-state index in [1.165, 1.54) is 12.1 Å². The Hall–Kier alpha value is -2.96. The first kappa shape index (κ1) is 19.8. The second-order valence-electron chi connectivity index (χ2n) is 6.66. The number of alkyl halides is 3. The summed E-state index contributed by atoms with van der Waals surface area (Å²) in [5.74, 6) is -1.05. The second kappa shape index (κ2) is 7.22. The Kier molecular flexibility index (Phi) is 5.10. The molecule has 0 bridgehead atoms. The Morgan fingerprint density at radius 1 is 1.14 bits per heavy atom. The van der Waals surface area contributed by atoms with Crippen LogP contribution in [0.15, 0.2) is 54.7 Å². The lowest BCUT2D eigenvalue weighted by Crippen LogP contribution is -2.50. The van der Waals surface area contributed by atoms with E-state index in [0.29, 0.717) is 16.9 Å². The molecule has 0 spiro atoms. The van der Waals surface area contributed by atoms with E-state index in [0.717, 1.165) is 17.7 Å². The molecule has 1 aliphatic heterocycles. The van der Waals surface area contributed by atoms with Gasteiger partial charge in [0.1, 0.15) is 11.3 Å². The molecule has 2 N–H and O–H groups in total. The molecule has 1 heterocycles. The molecule has 7 heteroatoms. The molecule has 0 saturated heterocycles. The third-order valence-electron chi connectivity index (χ3n) is 5.22. The molecule has 0 fully saturated rings. The van der Waals surface area contributed by atoms with Gasteiger partial charge in [0.25, 0.3) is 0 Å². The average molecular weight is 391 g/mol. The number of aliphatic carboxylic acids is 1. The number of methoxy groups -OCH3 is 1. The molecule has 148 valence electrons. The van der Waals surface area contributed by atoms with Crippen molar-refractivity contribution in [3.63, 3.8) is 0 Å². The fourth-order valence-electron chi connectivity index (χ4n) is 3.64. The number of rotatable bonds is 5. The molecule has 3 rings (SSSR count). The number of hydrogen-bond acceptors (Lipinski definition) is 3. The van der Waals surface area contributed by atoms with E-state index in [1.807, 2.05) is 0 Å². The summed E-state index contributed by atoms with van der Waals surface area (Å²) in [5.41, 5.74) is -0.130. The third-order valence-corrected chi connectivity index (χ3v) is 5.22. The third kappa shape index (κ3) is 3.32. The summed E-state index contributed by atoms with van der Waals surface area (Å²) >= 11 is 0. The minimum absolute atomic E-state index is 0.254. The summed E-state index contributed by atoms with van der Waals surface area (Å²) in [7, 11) is 1.54. The number of carboxylic acid groups (broad SMARTS) is 1. The summed E-state index contributed by atoms with van der Waals surface area (Å²) in [6.07, 6.45) is -2.55. The Balaban J connectivity index is 2.08. The smallest absolute Gasteiger partial charge is 0.416 e. The lowest BCUT2D eigenvalue weighted by atomic mass is 9.74. The predicted octanol–water partition coefficient (Wildman–Crippen LogP) is 4.68. The van der Waals surface area contributed by atoms with Crippen LogP contribution in [0.2, 0.25) is 0 Å². The van der Waals surface area contributed by atoms with Gasteiger partial charge in [-0.15, -0.1) is 0 Å². The van der Waals surface area contributed by atoms with Gasteiger partial charge in [-0.05, 0) is 47.4 Å². The molecule has 4 nitrogen and oxygen atoms in total. The predicted molar refractivity (Wildman–Crippen MR) is 98.9 cm³/mol. The zero-order valence-corrected chi connectivity index (χ0v) is 15.4. The molecule has 0 aromatic heterocycles. The molecule has 1 aliphatic rings. The van der Waals surface area contributed by atoms with Gasteiger partial charge in [-0.2, -0.15) is 13.2 Å². The van der Waals surface area contributed by atoms with Crippen LogP contribution in [-0.2, 0) is 11.0 Å². The molecular formula is C21H20F3NO3. The molecule has 2 unspecified atom stereocenters. The Morgan fingerprint density at radius 2 is 1.75 bits per heavy atom. The number of carbonyl (C=O) groups is 1. The molecule has 2 aromatic rings. The lowest BCUT2D eigenvalue weighted by Gasteiger charge is -2.33. The van der Waals surface area contributed by atoms with Crippen molar-refractivity contribution in [1.82, 2.24) is 5.32 Å². The standard InChI is InChI=1S/C21H20F3NO3/c1-3-20(19(26)27)18(14-4-8-15(9-5-14)21(22,23)24)17(12-25-20)13-6-10-16(28-2)11-7-13/h4-12,18,25H,3H2,1-2H3,(H,26,27). The van der Waals surface area contributed by atoms with Gasteiger partial charge in [-0.1, -0.05) is 31.2 Å². The minimum Gasteiger partial charge on any atom is -0.497 e. The molecule has 0 saturated carbocycles. The highest BCUT2D eigenvalue weighted by atomic mass is 19.4. The number of halogens is 3. The first-order valence-electron chi connectivity index (χ1n) is 8.75. The fourth-order valence-corrected chi connectivity index (χ4v) is 3.64. The van der Waals surface area contributed by atoms with Crippen LogP contribution in [0.4, 0.5) is 13.2 Å². The number of carboxylic acids is 1. The number of ether oxygens (including phenoxy) is 1. The van der Waals surface area contributed by atoms with E-state index in [9.17, 15) is 23.1 Å². The van der Waals surface area contributed by atoms with Crippen molar-refractivity contribution >= 4 is 11.5 Å². The van der Waals surface area contributed by atoms with E-state index >= 15 is 0 Å². The van der Waals surface area contributed by atoms with Gasteiger partial charge in [0.15, 0.2) is 0 Å². The zero-order valence-electron chi connectivity index (χ0n) is 15.4. The summed E-state index contributed by atoms with van der Waals surface area (Å²) < 4.78 is 43.9. The average Bonchev–Trinajstić information content (AvgIpc) is 3.08. The maximum atomic E-state index is 12.9. The topological polar surface area (TPSA) is 58.6 Å². The number of hydrogen-bond donors (Lipinski definition) is 2. The van der Waals surface area contributed by atoms with Crippen LogP contribution in [0.25, 0.3) is 5.57 Å². The van der Waals surface area contributed by atoms with E-state index in [4.69, 9.17) is 4.74 Å². The van der Waals surface area contributed by atoms with Crippen molar-refractivity contribution in [1.29, 1.82) is 0 Å². The molecule has 2 aromatic carbocycles. The highest BCUT2D eigenvalue weighted by Crippen LogP contribution is 2.46. The van der Waals surface area contributed by atoms with E-state index in [1.54, 1.807) is 44.5 Å². The summed E-state index contributed by atoms with van der Waals surface area (Å²) in [6, 6.07) is 11.8. The Labute approximate surface area is 160 Å². The number of benzene rings is 2. The maximum absolute atomic E-state index is 12.9. The SMILES string of the molecule is CCC1(C(=O)O)NC=C(c2ccc(OC)cc2)C1c1ccc(C(F)(F)F)cc1. The lowest BCUT2D eigenvalue weighted by molar-refractivity contribution is -0.144. The molecular weight excluding hydrogens is 371 g/mol. The van der Waals surface area contributed by atoms with E-state index in [2.05, 4.69) is 5.32 Å². The first-order valence-corrected chi connectivity index (χ1v) is 8.75. The molecule has 0 aliphatic carbocycles. The number of nitrogens with one attached hydrogen (secondary N) is 1. The quantitative estimate of drug-likeness (QED) is 0.777. The highest BCUT2D eigenvalue weighted by Gasteiger charge is 2.50. The van der Waals surface area contributed by atoms with Crippen molar-refractivity contribution in [3.8, 4) is 5.75 Å². The molecule has 0 radical (unpaired) electrons. The highest BCUT2D eigenvalue weighted by molar-refractivity contribution is 5.90. The van der Waals surface area contributed by atoms with Crippen molar-refractivity contribution in [2.24, 2.45) is 0 Å². The van der Waals surface area contributed by atoms with Crippen LogP contribution < -0.4 is 10.1 Å². The van der Waals surface area contributed by atoms with Crippen molar-refractivity contribution in [2.75, 3.05) is 7.11 Å². The van der Waals surface area contributed by atoms with Crippen LogP contribution in [0.1, 0.15) is 36.0 Å². The zero-order chi connectivity index (χ0) is 20.5. The largest absolute Gasteiger partial charge is 0.497 e. The van der Waals surface area contributed by atoms with Crippen LogP contribution in [0.5, 0.6) is 5.75 Å². The van der Waals surface area contributed by atoms with Crippen molar-refractivity contribution < 1.29 is 27.8 Å². The van der Waals surface area contributed by atoms with Gasteiger partial charge in [0, 0.05) is 12.1 Å². The van der Waals surface area contributed by atoms with Crippen LogP contribution in [-0.4, -0.2) is 23.7 Å². The van der Waals surface area contributed by atoms with Crippen LogP contribution in [0, 0.1) is 0 Å². The van der Waals surface area contributed by atoms with E-state index < -0.39 is 29.2 Å². The van der Waals surface area contributed by atoms with E-state index in [-0.39, 0.29) is 6.42 Å². The van der Waals surface area contributed by atoms with Gasteiger partial charge >= 0.3 is 12.1 Å². The van der Waals surface area contributed by atoms with Crippen molar-refractivity contribution in [2.45, 2.75) is 31.0 Å². The first-order chi connectivity index (χ1) is 13.2. The van der Waals surface area contributed by atoms with Gasteiger partial charge in [-0.3, -0.25) is 0 Å². The van der Waals surface area contributed by atoms with Gasteiger partial charge in [0.05, 0.1) is 12.7 Å². The summed E-state index contributed by atoms with van der Waals surface area (Å²) in [5, 5.41) is 12.9.